The van der Waals surface area contributed by atoms with Crippen LogP contribution in [0.15, 0.2) is 47.6 Å². The number of hydrogen-bond donors (Lipinski definition) is 2. The number of carbonyl (C=O) groups excluding carboxylic acids is 1. The Hall–Kier alpha value is -2.29. The zero-order chi connectivity index (χ0) is 21.8. The summed E-state index contributed by atoms with van der Waals surface area (Å²) in [6.07, 6.45) is 0.198. The van der Waals surface area contributed by atoms with Crippen molar-refractivity contribution in [3.05, 3.63) is 75.3 Å². The molecule has 2 aromatic carbocycles. The van der Waals surface area contributed by atoms with E-state index in [1.165, 1.54) is 10.7 Å². The van der Waals surface area contributed by atoms with Gasteiger partial charge in [0.1, 0.15) is 5.82 Å². The molecule has 3 aromatic rings. The van der Waals surface area contributed by atoms with E-state index in [2.05, 4.69) is 15.5 Å². The van der Waals surface area contributed by atoms with Crippen LogP contribution < -0.4 is 11.2 Å². The molecule has 0 radical (unpaired) electrons. The second-order valence-electron chi connectivity index (χ2n) is 6.69. The van der Waals surface area contributed by atoms with E-state index in [0.29, 0.717) is 26.6 Å². The molecule has 6 nitrogen and oxygen atoms in total. The van der Waals surface area contributed by atoms with Gasteiger partial charge in [0.05, 0.1) is 11.3 Å². The van der Waals surface area contributed by atoms with Crippen LogP contribution in [0.4, 0.5) is 4.39 Å². The standard InChI is InChI=1S/C20H20Cl2FN5OS/c1-11(15-8-7-14(21)10-16(15)22)25-19(29)12(2)30-20-27-26-18(28(20)24)9-13-5-3-4-6-17(13)23/h3-8,10-12H,9,24H2,1-2H3,(H,25,29). The topological polar surface area (TPSA) is 85.8 Å². The van der Waals surface area contributed by atoms with Crippen molar-refractivity contribution < 1.29 is 9.18 Å². The molecule has 1 heterocycles. The van der Waals surface area contributed by atoms with E-state index < -0.39 is 5.25 Å². The SMILES string of the molecule is CC(Sc1nnc(Cc2ccccc2F)n1N)C(=O)NC(C)c1ccc(Cl)cc1Cl. The van der Waals surface area contributed by atoms with Crippen LogP contribution in [0.25, 0.3) is 0 Å². The number of halogens is 3. The minimum absolute atomic E-state index is 0.198. The minimum atomic E-state index is -0.494. The third-order valence-electron chi connectivity index (χ3n) is 4.48. The van der Waals surface area contributed by atoms with Gasteiger partial charge in [0.15, 0.2) is 5.82 Å². The second-order valence-corrected chi connectivity index (χ2v) is 8.84. The van der Waals surface area contributed by atoms with E-state index in [9.17, 15) is 9.18 Å². The minimum Gasteiger partial charge on any atom is -0.349 e. The lowest BCUT2D eigenvalue weighted by molar-refractivity contribution is -0.120. The van der Waals surface area contributed by atoms with Gasteiger partial charge in [0, 0.05) is 16.5 Å². The Kier molecular flexibility index (Phi) is 7.23. The molecular weight excluding hydrogens is 448 g/mol. The van der Waals surface area contributed by atoms with Gasteiger partial charge in [-0.1, -0.05) is 59.2 Å². The van der Waals surface area contributed by atoms with Gasteiger partial charge in [0.25, 0.3) is 0 Å². The van der Waals surface area contributed by atoms with E-state index in [1.807, 2.05) is 6.92 Å². The number of nitrogen functional groups attached to an aromatic ring is 1. The molecule has 3 N–H and O–H groups in total. The first kappa shape index (κ1) is 22.4. The van der Waals surface area contributed by atoms with Crippen LogP contribution in [-0.2, 0) is 11.2 Å². The number of rotatable bonds is 7. The Morgan fingerprint density at radius 3 is 2.67 bits per heavy atom. The molecule has 2 atom stereocenters. The molecule has 0 fully saturated rings. The van der Waals surface area contributed by atoms with Crippen molar-refractivity contribution in [2.45, 2.75) is 36.7 Å². The maximum Gasteiger partial charge on any atom is 0.233 e. The molecule has 0 saturated carbocycles. The quantitative estimate of drug-likeness (QED) is 0.397. The molecule has 0 spiro atoms. The molecule has 0 aliphatic heterocycles. The largest absolute Gasteiger partial charge is 0.349 e. The fourth-order valence-electron chi connectivity index (χ4n) is 2.79. The summed E-state index contributed by atoms with van der Waals surface area (Å²) in [6.45, 7) is 3.57. The molecule has 1 amide bonds. The Bertz CT molecular complexity index is 1060. The Morgan fingerprint density at radius 2 is 1.97 bits per heavy atom. The van der Waals surface area contributed by atoms with Crippen molar-refractivity contribution in [2.24, 2.45) is 0 Å². The lowest BCUT2D eigenvalue weighted by atomic mass is 10.1. The average molecular weight is 468 g/mol. The number of hydrogen-bond acceptors (Lipinski definition) is 5. The summed E-state index contributed by atoms with van der Waals surface area (Å²) in [5.74, 6) is 5.92. The number of amides is 1. The lowest BCUT2D eigenvalue weighted by Gasteiger charge is -2.18. The van der Waals surface area contributed by atoms with Gasteiger partial charge in [0.2, 0.25) is 11.1 Å². The summed E-state index contributed by atoms with van der Waals surface area (Å²) >= 11 is 13.3. The highest BCUT2D eigenvalue weighted by Gasteiger charge is 2.22. The predicted molar refractivity (Wildman–Crippen MR) is 118 cm³/mol. The molecule has 0 aliphatic carbocycles. The highest BCUT2D eigenvalue weighted by atomic mass is 35.5. The fourth-order valence-corrected chi connectivity index (χ4v) is 4.16. The summed E-state index contributed by atoms with van der Waals surface area (Å²) in [6, 6.07) is 11.2. The van der Waals surface area contributed by atoms with Crippen molar-refractivity contribution in [3.63, 3.8) is 0 Å². The number of thioether (sulfide) groups is 1. The first-order valence-corrected chi connectivity index (χ1v) is 10.7. The Morgan fingerprint density at radius 1 is 1.23 bits per heavy atom. The molecule has 1 aromatic heterocycles. The molecule has 3 rings (SSSR count). The van der Waals surface area contributed by atoms with Crippen molar-refractivity contribution in [1.29, 1.82) is 0 Å². The van der Waals surface area contributed by atoms with Crippen LogP contribution in [0, 0.1) is 5.82 Å². The van der Waals surface area contributed by atoms with Crippen LogP contribution in [-0.4, -0.2) is 26.0 Å². The number of nitrogens with two attached hydrogens (primary N) is 1. The van der Waals surface area contributed by atoms with Crippen LogP contribution in [0.1, 0.15) is 36.8 Å². The van der Waals surface area contributed by atoms with E-state index in [0.717, 1.165) is 17.3 Å². The van der Waals surface area contributed by atoms with Gasteiger partial charge < -0.3 is 11.2 Å². The third kappa shape index (κ3) is 5.24. The van der Waals surface area contributed by atoms with Gasteiger partial charge in [-0.05, 0) is 43.2 Å². The van der Waals surface area contributed by atoms with Gasteiger partial charge in [-0.3, -0.25) is 4.79 Å². The van der Waals surface area contributed by atoms with Gasteiger partial charge in [-0.25, -0.2) is 9.07 Å². The summed E-state index contributed by atoms with van der Waals surface area (Å²) in [4.78, 5) is 12.6. The van der Waals surface area contributed by atoms with Crippen molar-refractivity contribution >= 4 is 40.9 Å². The predicted octanol–water partition coefficient (Wildman–Crippen LogP) is 4.39. The van der Waals surface area contributed by atoms with Crippen molar-refractivity contribution in [1.82, 2.24) is 20.2 Å². The van der Waals surface area contributed by atoms with Gasteiger partial charge >= 0.3 is 0 Å². The summed E-state index contributed by atoms with van der Waals surface area (Å²) in [7, 11) is 0. The van der Waals surface area contributed by atoms with E-state index in [4.69, 9.17) is 29.0 Å². The monoisotopic (exact) mass is 467 g/mol. The molecule has 2 unspecified atom stereocenters. The Labute approximate surface area is 187 Å². The molecule has 30 heavy (non-hydrogen) atoms. The molecule has 0 bridgehead atoms. The van der Waals surface area contributed by atoms with Crippen LogP contribution in [0.3, 0.4) is 0 Å². The first-order chi connectivity index (χ1) is 14.3. The highest BCUT2D eigenvalue weighted by Crippen LogP contribution is 2.27. The number of benzene rings is 2. The number of aromatic nitrogens is 3. The van der Waals surface area contributed by atoms with Crippen molar-refractivity contribution in [3.8, 4) is 0 Å². The normalized spacial score (nSPS) is 13.1. The van der Waals surface area contributed by atoms with Crippen LogP contribution in [0.2, 0.25) is 10.0 Å². The van der Waals surface area contributed by atoms with Gasteiger partial charge in [-0.15, -0.1) is 10.2 Å². The fraction of sp³-hybridized carbons (Fsp3) is 0.250. The first-order valence-electron chi connectivity index (χ1n) is 9.11. The van der Waals surface area contributed by atoms with Crippen molar-refractivity contribution in [2.75, 3.05) is 5.84 Å². The zero-order valence-corrected chi connectivity index (χ0v) is 18.6. The number of nitrogens with zero attached hydrogens (tertiary/aromatic N) is 3. The highest BCUT2D eigenvalue weighted by molar-refractivity contribution is 8.00. The second kappa shape index (κ2) is 9.68. The van der Waals surface area contributed by atoms with Gasteiger partial charge in [-0.2, -0.15) is 0 Å². The molecule has 158 valence electrons. The molecule has 0 saturated heterocycles. The van der Waals surface area contributed by atoms with Crippen LogP contribution >= 0.6 is 35.0 Å². The maximum absolute atomic E-state index is 13.9. The van der Waals surface area contributed by atoms with Crippen LogP contribution in [0.5, 0.6) is 0 Å². The number of carbonyl (C=O) groups is 1. The smallest absolute Gasteiger partial charge is 0.233 e. The summed E-state index contributed by atoms with van der Waals surface area (Å²) in [5, 5.41) is 11.9. The summed E-state index contributed by atoms with van der Waals surface area (Å²) < 4.78 is 15.1. The van der Waals surface area contributed by atoms with E-state index in [-0.39, 0.29) is 24.2 Å². The van der Waals surface area contributed by atoms with E-state index >= 15 is 0 Å². The number of nitrogens with one attached hydrogen (secondary N) is 1. The average Bonchev–Trinajstić information content (AvgIpc) is 3.03. The third-order valence-corrected chi connectivity index (χ3v) is 6.10. The maximum atomic E-state index is 13.9. The van der Waals surface area contributed by atoms with E-state index in [1.54, 1.807) is 43.3 Å². The Balaban J connectivity index is 1.64. The molecule has 10 heteroatoms. The summed E-state index contributed by atoms with van der Waals surface area (Å²) in [5.41, 5.74) is 1.23. The lowest BCUT2D eigenvalue weighted by Crippen LogP contribution is -2.33. The molecule has 0 aliphatic rings. The molecular formula is C20H20Cl2FN5OS. The zero-order valence-electron chi connectivity index (χ0n) is 16.3.